The van der Waals surface area contributed by atoms with Gasteiger partial charge in [0.25, 0.3) is 0 Å². The number of hydrogen-bond donors (Lipinski definition) is 2. The van der Waals surface area contributed by atoms with E-state index in [1.54, 1.807) is 6.92 Å². The van der Waals surface area contributed by atoms with Crippen molar-refractivity contribution >= 4 is 5.69 Å². The molecule has 0 saturated heterocycles. The zero-order valence-corrected chi connectivity index (χ0v) is 5.56. The van der Waals surface area contributed by atoms with Crippen LogP contribution in [0.1, 0.15) is 5.56 Å². The molecule has 3 heteroatoms. The van der Waals surface area contributed by atoms with Gasteiger partial charge in [-0.3, -0.25) is 0 Å². The summed E-state index contributed by atoms with van der Waals surface area (Å²) in [5.41, 5.74) is 5.65. The summed E-state index contributed by atoms with van der Waals surface area (Å²) in [5, 5.41) is 8.98. The molecule has 0 aliphatic heterocycles. The number of phenolic OH excluding ortho intramolecular Hbond substituents is 1. The van der Waals surface area contributed by atoms with Crippen LogP contribution in [0.2, 0.25) is 0 Å². The van der Waals surface area contributed by atoms with E-state index in [9.17, 15) is 4.39 Å². The highest BCUT2D eigenvalue weighted by molar-refractivity contribution is 5.53. The van der Waals surface area contributed by atoms with Crippen molar-refractivity contribution in [2.24, 2.45) is 0 Å². The predicted molar refractivity (Wildman–Crippen MR) is 37.2 cm³/mol. The summed E-state index contributed by atoms with van der Waals surface area (Å²) in [6, 6.07) is 2.42. The first-order valence-corrected chi connectivity index (χ1v) is 2.86. The summed E-state index contributed by atoms with van der Waals surface area (Å²) >= 11 is 0. The van der Waals surface area contributed by atoms with Crippen LogP contribution in [0.25, 0.3) is 0 Å². The Bertz CT molecular complexity index is 233. The standard InChI is InChI=1S/C7H8FNO/c1-4-6(10)3-2-5(8)7(4)9/h2-3,10H,9H2,1H3. The first-order chi connectivity index (χ1) is 4.63. The second-order valence-electron chi connectivity index (χ2n) is 2.11. The van der Waals surface area contributed by atoms with E-state index >= 15 is 0 Å². The quantitative estimate of drug-likeness (QED) is 0.537. The molecular weight excluding hydrogens is 133 g/mol. The van der Waals surface area contributed by atoms with Crippen molar-refractivity contribution in [3.8, 4) is 5.75 Å². The minimum absolute atomic E-state index is 0.0139. The van der Waals surface area contributed by atoms with E-state index in [-0.39, 0.29) is 11.4 Å². The lowest BCUT2D eigenvalue weighted by molar-refractivity contribution is 0.469. The maximum atomic E-state index is 12.5. The second-order valence-corrected chi connectivity index (χ2v) is 2.11. The minimum Gasteiger partial charge on any atom is -0.508 e. The average Bonchev–Trinajstić information content (AvgIpc) is 1.93. The minimum atomic E-state index is -0.490. The van der Waals surface area contributed by atoms with E-state index in [0.29, 0.717) is 5.56 Å². The Morgan fingerprint density at radius 3 is 2.60 bits per heavy atom. The SMILES string of the molecule is Cc1c(O)ccc(F)c1N. The monoisotopic (exact) mass is 141 g/mol. The Hall–Kier alpha value is -1.25. The fourth-order valence-electron chi connectivity index (χ4n) is 0.684. The number of nitrogen functional groups attached to an aromatic ring is 1. The zero-order valence-electron chi connectivity index (χ0n) is 5.56. The summed E-state index contributed by atoms with van der Waals surface area (Å²) in [7, 11) is 0. The van der Waals surface area contributed by atoms with Crippen molar-refractivity contribution in [1.29, 1.82) is 0 Å². The number of halogens is 1. The first kappa shape index (κ1) is 6.86. The van der Waals surface area contributed by atoms with Crippen LogP contribution in [0.3, 0.4) is 0 Å². The van der Waals surface area contributed by atoms with Crippen molar-refractivity contribution in [1.82, 2.24) is 0 Å². The molecule has 54 valence electrons. The maximum Gasteiger partial charge on any atom is 0.146 e. The molecule has 1 aromatic rings. The highest BCUT2D eigenvalue weighted by atomic mass is 19.1. The van der Waals surface area contributed by atoms with Gasteiger partial charge in [0.2, 0.25) is 0 Å². The molecule has 0 saturated carbocycles. The highest BCUT2D eigenvalue weighted by Crippen LogP contribution is 2.23. The maximum absolute atomic E-state index is 12.5. The number of phenols is 1. The molecule has 1 rings (SSSR count). The van der Waals surface area contributed by atoms with Crippen molar-refractivity contribution in [2.45, 2.75) is 6.92 Å². The largest absolute Gasteiger partial charge is 0.508 e. The number of rotatable bonds is 0. The number of aromatic hydroxyl groups is 1. The lowest BCUT2D eigenvalue weighted by Gasteiger charge is -2.01. The van der Waals surface area contributed by atoms with E-state index in [1.165, 1.54) is 6.07 Å². The molecule has 0 radical (unpaired) electrons. The molecule has 0 fully saturated rings. The van der Waals surface area contributed by atoms with Crippen molar-refractivity contribution in [2.75, 3.05) is 5.73 Å². The molecule has 0 unspecified atom stereocenters. The van der Waals surface area contributed by atoms with Gasteiger partial charge in [0.15, 0.2) is 0 Å². The Morgan fingerprint density at radius 2 is 2.10 bits per heavy atom. The van der Waals surface area contributed by atoms with Crippen LogP contribution in [-0.2, 0) is 0 Å². The van der Waals surface area contributed by atoms with E-state index in [1.807, 2.05) is 0 Å². The molecule has 0 bridgehead atoms. The number of anilines is 1. The van der Waals surface area contributed by atoms with Gasteiger partial charge in [-0.2, -0.15) is 0 Å². The molecule has 3 N–H and O–H groups in total. The summed E-state index contributed by atoms with van der Waals surface area (Å²) < 4.78 is 12.5. The zero-order chi connectivity index (χ0) is 7.72. The van der Waals surface area contributed by atoms with E-state index in [4.69, 9.17) is 10.8 Å². The van der Waals surface area contributed by atoms with E-state index < -0.39 is 5.82 Å². The predicted octanol–water partition coefficient (Wildman–Crippen LogP) is 1.42. The van der Waals surface area contributed by atoms with Crippen LogP contribution in [0.5, 0.6) is 5.75 Å². The summed E-state index contributed by atoms with van der Waals surface area (Å²) in [4.78, 5) is 0. The Morgan fingerprint density at radius 1 is 1.50 bits per heavy atom. The topological polar surface area (TPSA) is 46.2 Å². The Labute approximate surface area is 58.1 Å². The second kappa shape index (κ2) is 2.17. The van der Waals surface area contributed by atoms with Crippen molar-refractivity contribution in [3.63, 3.8) is 0 Å². The molecule has 0 aliphatic rings. The van der Waals surface area contributed by atoms with Gasteiger partial charge in [-0.05, 0) is 19.1 Å². The summed E-state index contributed by atoms with van der Waals surface area (Å²) in [5.74, 6) is -0.464. The lowest BCUT2D eigenvalue weighted by atomic mass is 10.2. The van der Waals surface area contributed by atoms with E-state index in [2.05, 4.69) is 0 Å². The molecule has 0 amide bonds. The number of benzene rings is 1. The fourth-order valence-corrected chi connectivity index (χ4v) is 0.684. The van der Waals surface area contributed by atoms with Gasteiger partial charge in [0, 0.05) is 5.56 Å². The molecule has 0 aromatic heterocycles. The molecule has 0 aliphatic carbocycles. The van der Waals surface area contributed by atoms with Gasteiger partial charge >= 0.3 is 0 Å². The van der Waals surface area contributed by atoms with Crippen LogP contribution in [0.15, 0.2) is 12.1 Å². The molecular formula is C7H8FNO. The highest BCUT2D eigenvalue weighted by Gasteiger charge is 2.03. The molecule has 0 heterocycles. The molecule has 0 atom stereocenters. The van der Waals surface area contributed by atoms with Gasteiger partial charge in [0.05, 0.1) is 5.69 Å². The van der Waals surface area contributed by atoms with Crippen LogP contribution < -0.4 is 5.73 Å². The summed E-state index contributed by atoms with van der Waals surface area (Å²) in [6.07, 6.45) is 0. The number of hydrogen-bond acceptors (Lipinski definition) is 2. The van der Waals surface area contributed by atoms with Gasteiger partial charge < -0.3 is 10.8 Å². The Balaban J connectivity index is 3.34. The molecule has 10 heavy (non-hydrogen) atoms. The average molecular weight is 141 g/mol. The number of nitrogens with two attached hydrogens (primary N) is 1. The fraction of sp³-hybridized carbons (Fsp3) is 0.143. The third-order valence-corrected chi connectivity index (χ3v) is 1.43. The van der Waals surface area contributed by atoms with Crippen LogP contribution in [0, 0.1) is 12.7 Å². The van der Waals surface area contributed by atoms with Gasteiger partial charge in [-0.1, -0.05) is 0 Å². The smallest absolute Gasteiger partial charge is 0.146 e. The van der Waals surface area contributed by atoms with Crippen molar-refractivity contribution in [3.05, 3.63) is 23.5 Å². The normalized spacial score (nSPS) is 9.80. The van der Waals surface area contributed by atoms with Gasteiger partial charge in [-0.25, -0.2) is 4.39 Å². The van der Waals surface area contributed by atoms with Gasteiger partial charge in [0.1, 0.15) is 11.6 Å². The van der Waals surface area contributed by atoms with E-state index in [0.717, 1.165) is 6.07 Å². The lowest BCUT2D eigenvalue weighted by Crippen LogP contribution is -1.93. The Kier molecular flexibility index (Phi) is 1.49. The molecule has 0 spiro atoms. The third kappa shape index (κ3) is 0.900. The van der Waals surface area contributed by atoms with Crippen LogP contribution in [0.4, 0.5) is 10.1 Å². The summed E-state index contributed by atoms with van der Waals surface area (Å²) in [6.45, 7) is 1.56. The molecule has 1 aromatic carbocycles. The van der Waals surface area contributed by atoms with Crippen molar-refractivity contribution < 1.29 is 9.50 Å². The first-order valence-electron chi connectivity index (χ1n) is 2.86. The van der Waals surface area contributed by atoms with Gasteiger partial charge in [-0.15, -0.1) is 0 Å². The third-order valence-electron chi connectivity index (χ3n) is 1.43. The van der Waals surface area contributed by atoms with Crippen LogP contribution >= 0.6 is 0 Å². The molecule has 2 nitrogen and oxygen atoms in total. The van der Waals surface area contributed by atoms with Crippen LogP contribution in [-0.4, -0.2) is 5.11 Å².